The van der Waals surface area contributed by atoms with Gasteiger partial charge >= 0.3 is 6.61 Å². The minimum absolute atomic E-state index is 0.171. The number of nitrogens with zero attached hydrogens (tertiary/aromatic N) is 3. The smallest absolute Gasteiger partial charge is 0.388 e. The maximum absolute atomic E-state index is 12.6. The summed E-state index contributed by atoms with van der Waals surface area (Å²) in [7, 11) is 0. The second-order valence-electron chi connectivity index (χ2n) is 6.48. The van der Waals surface area contributed by atoms with E-state index in [0.717, 1.165) is 25.0 Å². The second-order valence-corrected chi connectivity index (χ2v) is 6.48. The molecular weight excluding hydrogens is 342 g/mol. The summed E-state index contributed by atoms with van der Waals surface area (Å²) in [4.78, 5) is 16.3. The molecule has 0 aliphatic heterocycles. The number of halogens is 2. The molecule has 1 aliphatic rings. The first kappa shape index (κ1) is 18.3. The lowest BCUT2D eigenvalue weighted by molar-refractivity contribution is -0.0529. The number of carbonyl (C=O) groups excluding carboxylic acids is 1. The average molecular weight is 364 g/mol. The monoisotopic (exact) mass is 364 g/mol. The number of alkyl halides is 2. The molecule has 140 valence electrons. The highest BCUT2D eigenvalue weighted by Gasteiger charge is 2.33. The lowest BCUT2D eigenvalue weighted by Crippen LogP contribution is -2.24. The van der Waals surface area contributed by atoms with Gasteiger partial charge in [-0.3, -0.25) is 9.48 Å². The van der Waals surface area contributed by atoms with Crippen molar-refractivity contribution in [2.75, 3.05) is 0 Å². The highest BCUT2D eigenvalue weighted by Crippen LogP contribution is 2.42. The third kappa shape index (κ3) is 4.17. The molecule has 1 fully saturated rings. The van der Waals surface area contributed by atoms with Crippen LogP contribution < -0.4 is 10.1 Å². The minimum atomic E-state index is -2.93. The van der Waals surface area contributed by atoms with Crippen LogP contribution in [0.4, 0.5) is 8.78 Å². The van der Waals surface area contributed by atoms with Crippen LogP contribution in [0.15, 0.2) is 24.5 Å². The quantitative estimate of drug-likeness (QED) is 0.776. The topological polar surface area (TPSA) is 69.0 Å². The Balaban J connectivity index is 1.70. The van der Waals surface area contributed by atoms with Crippen LogP contribution in [0.25, 0.3) is 0 Å². The SMILES string of the molecule is CCC(C)n1ncc(C(=O)NCc2ccnc(OC(F)F)c2)c1C1CC1. The van der Waals surface area contributed by atoms with E-state index in [1.807, 2.05) is 4.68 Å². The average Bonchev–Trinajstić information content (AvgIpc) is 3.36. The number of ether oxygens (including phenoxy) is 1. The lowest BCUT2D eigenvalue weighted by Gasteiger charge is -2.14. The van der Waals surface area contributed by atoms with Gasteiger partial charge in [0, 0.05) is 30.8 Å². The number of hydrogen-bond donors (Lipinski definition) is 1. The predicted octanol–water partition coefficient (Wildman–Crippen LogP) is 3.66. The molecule has 8 heteroatoms. The molecule has 1 aliphatic carbocycles. The fourth-order valence-corrected chi connectivity index (χ4v) is 2.83. The minimum Gasteiger partial charge on any atom is -0.417 e. The van der Waals surface area contributed by atoms with Gasteiger partial charge in [0.2, 0.25) is 5.88 Å². The van der Waals surface area contributed by atoms with Crippen molar-refractivity contribution in [3.8, 4) is 5.88 Å². The van der Waals surface area contributed by atoms with Gasteiger partial charge in [-0.25, -0.2) is 4.98 Å². The van der Waals surface area contributed by atoms with Crippen molar-refractivity contribution in [3.05, 3.63) is 41.3 Å². The van der Waals surface area contributed by atoms with Crippen LogP contribution in [0.5, 0.6) is 5.88 Å². The van der Waals surface area contributed by atoms with Gasteiger partial charge in [0.05, 0.1) is 17.5 Å². The summed E-state index contributed by atoms with van der Waals surface area (Å²) in [6.45, 7) is 1.44. The van der Waals surface area contributed by atoms with E-state index in [2.05, 4.69) is 34.0 Å². The van der Waals surface area contributed by atoms with E-state index in [9.17, 15) is 13.6 Å². The Morgan fingerprint density at radius 1 is 1.46 bits per heavy atom. The fraction of sp³-hybridized carbons (Fsp3) is 0.500. The highest BCUT2D eigenvalue weighted by molar-refractivity contribution is 5.95. The summed E-state index contributed by atoms with van der Waals surface area (Å²) in [5.41, 5.74) is 2.21. The van der Waals surface area contributed by atoms with Gasteiger partial charge in [-0.05, 0) is 37.8 Å². The summed E-state index contributed by atoms with van der Waals surface area (Å²) in [5.74, 6) is 0.00354. The molecule has 1 amide bonds. The number of aromatic nitrogens is 3. The number of pyridine rings is 1. The molecule has 0 aromatic carbocycles. The van der Waals surface area contributed by atoms with E-state index in [0.29, 0.717) is 17.0 Å². The Labute approximate surface area is 150 Å². The molecule has 2 heterocycles. The van der Waals surface area contributed by atoms with Crippen molar-refractivity contribution in [2.24, 2.45) is 0 Å². The molecule has 1 atom stereocenters. The third-order valence-corrected chi connectivity index (χ3v) is 4.51. The van der Waals surface area contributed by atoms with Crippen LogP contribution in [0.2, 0.25) is 0 Å². The van der Waals surface area contributed by atoms with Gasteiger partial charge in [0.15, 0.2) is 0 Å². The molecule has 26 heavy (non-hydrogen) atoms. The summed E-state index contributed by atoms with van der Waals surface area (Å²) >= 11 is 0. The Kier molecular flexibility index (Phi) is 5.49. The number of carbonyl (C=O) groups is 1. The number of hydrogen-bond acceptors (Lipinski definition) is 4. The summed E-state index contributed by atoms with van der Waals surface area (Å²) in [6, 6.07) is 3.27. The van der Waals surface area contributed by atoms with Gasteiger partial charge < -0.3 is 10.1 Å². The summed E-state index contributed by atoms with van der Waals surface area (Å²) < 4.78 is 30.8. The predicted molar refractivity (Wildman–Crippen MR) is 91.2 cm³/mol. The van der Waals surface area contributed by atoms with Crippen molar-refractivity contribution < 1.29 is 18.3 Å². The van der Waals surface area contributed by atoms with Crippen molar-refractivity contribution in [1.29, 1.82) is 0 Å². The Morgan fingerprint density at radius 3 is 2.88 bits per heavy atom. The van der Waals surface area contributed by atoms with E-state index >= 15 is 0 Å². The van der Waals surface area contributed by atoms with Crippen LogP contribution in [0, 0.1) is 0 Å². The molecule has 1 unspecified atom stereocenters. The normalized spacial score (nSPS) is 15.1. The molecule has 1 saturated carbocycles. The largest absolute Gasteiger partial charge is 0.417 e. The zero-order valence-electron chi connectivity index (χ0n) is 14.8. The van der Waals surface area contributed by atoms with Crippen molar-refractivity contribution in [1.82, 2.24) is 20.1 Å². The van der Waals surface area contributed by atoms with E-state index in [1.165, 1.54) is 12.3 Å². The molecule has 2 aromatic heterocycles. The maximum Gasteiger partial charge on any atom is 0.388 e. The standard InChI is InChI=1S/C18H22F2N4O2/c1-3-11(2)24-16(13-4-5-13)14(10-23-24)17(25)22-9-12-6-7-21-15(8-12)26-18(19)20/h6-8,10-11,13,18H,3-5,9H2,1-2H3,(H,22,25). The molecule has 0 bridgehead atoms. The van der Waals surface area contributed by atoms with Crippen molar-refractivity contribution in [2.45, 2.75) is 58.2 Å². The first-order chi connectivity index (χ1) is 12.5. The van der Waals surface area contributed by atoms with Gasteiger partial charge in [-0.15, -0.1) is 0 Å². The molecular formula is C18H22F2N4O2. The Bertz CT molecular complexity index is 774. The van der Waals surface area contributed by atoms with E-state index in [4.69, 9.17) is 0 Å². The number of amides is 1. The van der Waals surface area contributed by atoms with Crippen molar-refractivity contribution >= 4 is 5.91 Å². The third-order valence-electron chi connectivity index (χ3n) is 4.51. The molecule has 0 saturated heterocycles. The second kappa shape index (κ2) is 7.80. The Morgan fingerprint density at radius 2 is 2.23 bits per heavy atom. The highest BCUT2D eigenvalue weighted by atomic mass is 19.3. The molecule has 0 spiro atoms. The van der Waals surface area contributed by atoms with Crippen LogP contribution in [-0.2, 0) is 6.54 Å². The van der Waals surface area contributed by atoms with Crippen molar-refractivity contribution in [3.63, 3.8) is 0 Å². The van der Waals surface area contributed by atoms with E-state index in [-0.39, 0.29) is 24.4 Å². The Hall–Kier alpha value is -2.51. The van der Waals surface area contributed by atoms with Gasteiger partial charge in [-0.2, -0.15) is 13.9 Å². The van der Waals surface area contributed by atoms with E-state index < -0.39 is 6.61 Å². The van der Waals surface area contributed by atoms with Crippen LogP contribution in [0.1, 0.15) is 66.7 Å². The summed E-state index contributed by atoms with van der Waals surface area (Å²) in [6.07, 6.45) is 6.07. The van der Waals surface area contributed by atoms with Gasteiger partial charge in [-0.1, -0.05) is 6.92 Å². The molecule has 6 nitrogen and oxygen atoms in total. The molecule has 0 radical (unpaired) electrons. The number of nitrogens with one attached hydrogen (secondary N) is 1. The zero-order valence-corrected chi connectivity index (χ0v) is 14.8. The first-order valence-corrected chi connectivity index (χ1v) is 8.75. The van der Waals surface area contributed by atoms with Crippen LogP contribution in [0.3, 0.4) is 0 Å². The number of rotatable bonds is 8. The fourth-order valence-electron chi connectivity index (χ4n) is 2.83. The maximum atomic E-state index is 12.6. The molecule has 3 rings (SSSR count). The molecule has 1 N–H and O–H groups in total. The van der Waals surface area contributed by atoms with Crippen LogP contribution >= 0.6 is 0 Å². The van der Waals surface area contributed by atoms with Gasteiger partial charge in [0.25, 0.3) is 5.91 Å². The first-order valence-electron chi connectivity index (χ1n) is 8.75. The molecule has 2 aromatic rings. The zero-order chi connectivity index (χ0) is 18.7. The lowest BCUT2D eigenvalue weighted by atomic mass is 10.1. The van der Waals surface area contributed by atoms with Crippen LogP contribution in [-0.4, -0.2) is 27.3 Å². The summed E-state index contributed by atoms with van der Waals surface area (Å²) in [5, 5.41) is 7.24. The van der Waals surface area contributed by atoms with E-state index in [1.54, 1.807) is 12.3 Å². The van der Waals surface area contributed by atoms with Gasteiger partial charge in [0.1, 0.15) is 0 Å².